The molecule has 1 aliphatic rings. The molecule has 1 aliphatic carbocycles. The van der Waals surface area contributed by atoms with Gasteiger partial charge in [-0.05, 0) is 31.7 Å². The molecule has 1 saturated carbocycles. The highest BCUT2D eigenvalue weighted by Gasteiger charge is 2.28. The lowest BCUT2D eigenvalue weighted by Gasteiger charge is -2.32. The maximum Gasteiger partial charge on any atom is 0.125 e. The minimum Gasteiger partial charge on any atom is -0.271 e. The minimum absolute atomic E-state index is 0.199. The number of nitrogens with two attached hydrogens (primary N) is 1. The van der Waals surface area contributed by atoms with Gasteiger partial charge in [0.2, 0.25) is 0 Å². The molecule has 4 heteroatoms. The topological polar surface area (TPSA) is 63.8 Å². The van der Waals surface area contributed by atoms with Crippen LogP contribution in [0.25, 0.3) is 0 Å². The summed E-state index contributed by atoms with van der Waals surface area (Å²) in [6.45, 7) is 1.90. The van der Waals surface area contributed by atoms with E-state index in [1.807, 2.05) is 13.0 Å². The Hall–Kier alpha value is -1.00. The first kappa shape index (κ1) is 9.55. The van der Waals surface area contributed by atoms with Crippen LogP contribution in [0.4, 0.5) is 0 Å². The Morgan fingerprint density at radius 1 is 1.57 bits per heavy atom. The van der Waals surface area contributed by atoms with Gasteiger partial charge in [0.15, 0.2) is 0 Å². The summed E-state index contributed by atoms with van der Waals surface area (Å²) in [5.41, 5.74) is 3.88. The van der Waals surface area contributed by atoms with Crippen LogP contribution in [-0.4, -0.2) is 9.97 Å². The van der Waals surface area contributed by atoms with Crippen molar-refractivity contribution in [3.05, 3.63) is 23.8 Å². The van der Waals surface area contributed by atoms with Gasteiger partial charge >= 0.3 is 0 Å². The lowest BCUT2D eigenvalue weighted by atomic mass is 9.79. The van der Waals surface area contributed by atoms with Gasteiger partial charge in [-0.2, -0.15) is 0 Å². The number of rotatable bonds is 3. The number of nitrogens with one attached hydrogen (secondary N) is 1. The molecule has 14 heavy (non-hydrogen) atoms. The maximum absolute atomic E-state index is 5.55. The van der Waals surface area contributed by atoms with Crippen LogP contribution in [0.15, 0.2) is 12.3 Å². The molecule has 76 valence electrons. The second-order valence-corrected chi connectivity index (χ2v) is 3.86. The monoisotopic (exact) mass is 192 g/mol. The smallest absolute Gasteiger partial charge is 0.125 e. The molecule has 1 aromatic heterocycles. The van der Waals surface area contributed by atoms with Crippen LogP contribution >= 0.6 is 0 Å². The van der Waals surface area contributed by atoms with Gasteiger partial charge in [-0.15, -0.1) is 0 Å². The SMILES string of the molecule is Cc1nccc(C(NN)C2CCC2)n1. The third-order valence-corrected chi connectivity index (χ3v) is 2.92. The lowest BCUT2D eigenvalue weighted by Crippen LogP contribution is -2.37. The molecule has 0 spiro atoms. The summed E-state index contributed by atoms with van der Waals surface area (Å²) >= 11 is 0. The average Bonchev–Trinajstić information content (AvgIpc) is 2.10. The summed E-state index contributed by atoms with van der Waals surface area (Å²) < 4.78 is 0. The van der Waals surface area contributed by atoms with Gasteiger partial charge < -0.3 is 0 Å². The molecule has 0 saturated heterocycles. The van der Waals surface area contributed by atoms with Gasteiger partial charge in [0.05, 0.1) is 11.7 Å². The summed E-state index contributed by atoms with van der Waals surface area (Å²) in [5.74, 6) is 7.01. The molecular weight excluding hydrogens is 176 g/mol. The van der Waals surface area contributed by atoms with E-state index in [1.54, 1.807) is 6.20 Å². The molecule has 0 bridgehead atoms. The molecule has 3 N–H and O–H groups in total. The van der Waals surface area contributed by atoms with Gasteiger partial charge in [-0.1, -0.05) is 6.42 Å². The van der Waals surface area contributed by atoms with Gasteiger partial charge in [-0.25, -0.2) is 9.97 Å². The number of aromatic nitrogens is 2. The van der Waals surface area contributed by atoms with Crippen molar-refractivity contribution in [1.82, 2.24) is 15.4 Å². The molecule has 0 aliphatic heterocycles. The van der Waals surface area contributed by atoms with Crippen molar-refractivity contribution >= 4 is 0 Å². The number of aryl methyl sites for hydroxylation is 1. The van der Waals surface area contributed by atoms with Crippen molar-refractivity contribution in [1.29, 1.82) is 0 Å². The van der Waals surface area contributed by atoms with E-state index in [1.165, 1.54) is 19.3 Å². The van der Waals surface area contributed by atoms with E-state index < -0.39 is 0 Å². The van der Waals surface area contributed by atoms with E-state index in [4.69, 9.17) is 5.84 Å². The molecule has 1 aromatic rings. The number of hydrazine groups is 1. The Morgan fingerprint density at radius 2 is 2.36 bits per heavy atom. The highest BCUT2D eigenvalue weighted by atomic mass is 15.2. The van der Waals surface area contributed by atoms with Crippen LogP contribution in [-0.2, 0) is 0 Å². The van der Waals surface area contributed by atoms with E-state index in [9.17, 15) is 0 Å². The van der Waals surface area contributed by atoms with Crippen LogP contribution in [0.2, 0.25) is 0 Å². The fourth-order valence-electron chi connectivity index (χ4n) is 1.88. The zero-order valence-electron chi connectivity index (χ0n) is 8.40. The van der Waals surface area contributed by atoms with Crippen molar-refractivity contribution in [2.24, 2.45) is 11.8 Å². The Balaban J connectivity index is 2.17. The molecule has 2 rings (SSSR count). The number of hydrogen-bond donors (Lipinski definition) is 2. The molecule has 1 fully saturated rings. The number of hydrogen-bond acceptors (Lipinski definition) is 4. The van der Waals surface area contributed by atoms with Gasteiger partial charge in [0.25, 0.3) is 0 Å². The van der Waals surface area contributed by atoms with E-state index in [2.05, 4.69) is 15.4 Å². The average molecular weight is 192 g/mol. The van der Waals surface area contributed by atoms with E-state index in [0.717, 1.165) is 11.5 Å². The minimum atomic E-state index is 0.199. The van der Waals surface area contributed by atoms with Crippen molar-refractivity contribution < 1.29 is 0 Å². The zero-order chi connectivity index (χ0) is 9.97. The summed E-state index contributed by atoms with van der Waals surface area (Å²) in [6.07, 6.45) is 5.60. The molecular formula is C10H16N4. The van der Waals surface area contributed by atoms with Crippen molar-refractivity contribution in [3.8, 4) is 0 Å². The molecule has 0 aromatic carbocycles. The van der Waals surface area contributed by atoms with Crippen LogP contribution in [0, 0.1) is 12.8 Å². The Kier molecular flexibility index (Phi) is 2.74. The maximum atomic E-state index is 5.55. The molecule has 1 atom stereocenters. The predicted octanol–water partition coefficient (Wildman–Crippen LogP) is 1.09. The molecule has 1 unspecified atom stereocenters. The lowest BCUT2D eigenvalue weighted by molar-refractivity contribution is 0.228. The summed E-state index contributed by atoms with van der Waals surface area (Å²) in [6, 6.07) is 2.14. The molecule has 0 amide bonds. The summed E-state index contributed by atoms with van der Waals surface area (Å²) in [5, 5.41) is 0. The summed E-state index contributed by atoms with van der Waals surface area (Å²) in [4.78, 5) is 8.47. The van der Waals surface area contributed by atoms with Gasteiger partial charge in [-0.3, -0.25) is 11.3 Å². The Morgan fingerprint density at radius 3 is 2.86 bits per heavy atom. The number of nitrogens with zero attached hydrogens (tertiary/aromatic N) is 2. The van der Waals surface area contributed by atoms with E-state index in [0.29, 0.717) is 5.92 Å². The van der Waals surface area contributed by atoms with Crippen LogP contribution in [0.1, 0.15) is 36.8 Å². The first-order chi connectivity index (χ1) is 6.81. The standard InChI is InChI=1S/C10H16N4/c1-7-12-6-5-9(13-7)10(14-11)8-3-2-4-8/h5-6,8,10,14H,2-4,11H2,1H3. The second kappa shape index (κ2) is 4.02. The van der Waals surface area contributed by atoms with Crippen LogP contribution < -0.4 is 11.3 Å². The van der Waals surface area contributed by atoms with Crippen molar-refractivity contribution in [3.63, 3.8) is 0 Å². The van der Waals surface area contributed by atoms with Crippen LogP contribution in [0.3, 0.4) is 0 Å². The van der Waals surface area contributed by atoms with Gasteiger partial charge in [0, 0.05) is 6.20 Å². The first-order valence-electron chi connectivity index (χ1n) is 5.07. The fraction of sp³-hybridized carbons (Fsp3) is 0.600. The van der Waals surface area contributed by atoms with E-state index in [-0.39, 0.29) is 6.04 Å². The quantitative estimate of drug-likeness (QED) is 0.556. The third-order valence-electron chi connectivity index (χ3n) is 2.92. The molecule has 4 nitrogen and oxygen atoms in total. The third kappa shape index (κ3) is 1.76. The highest BCUT2D eigenvalue weighted by Crippen LogP contribution is 2.36. The largest absolute Gasteiger partial charge is 0.271 e. The van der Waals surface area contributed by atoms with Crippen molar-refractivity contribution in [2.75, 3.05) is 0 Å². The second-order valence-electron chi connectivity index (χ2n) is 3.86. The summed E-state index contributed by atoms with van der Waals surface area (Å²) in [7, 11) is 0. The predicted molar refractivity (Wildman–Crippen MR) is 54.2 cm³/mol. The molecule has 0 radical (unpaired) electrons. The highest BCUT2D eigenvalue weighted by molar-refractivity contribution is 5.09. The van der Waals surface area contributed by atoms with Crippen molar-refractivity contribution in [2.45, 2.75) is 32.2 Å². The fourth-order valence-corrected chi connectivity index (χ4v) is 1.88. The van der Waals surface area contributed by atoms with Crippen LogP contribution in [0.5, 0.6) is 0 Å². The first-order valence-corrected chi connectivity index (χ1v) is 5.07. The Bertz CT molecular complexity index is 309. The normalized spacial score (nSPS) is 19.0. The van der Waals surface area contributed by atoms with Gasteiger partial charge in [0.1, 0.15) is 5.82 Å². The Labute approximate surface area is 83.9 Å². The van der Waals surface area contributed by atoms with E-state index >= 15 is 0 Å². The zero-order valence-corrected chi connectivity index (χ0v) is 8.40. The molecule has 1 heterocycles.